The predicted molar refractivity (Wildman–Crippen MR) is 160 cm³/mol. The number of methoxy groups -OCH3 is 5. The van der Waals surface area contributed by atoms with Gasteiger partial charge in [-0.05, 0) is 37.8 Å². The number of fused-ring (bicyclic) bond motifs is 2. The van der Waals surface area contributed by atoms with E-state index in [2.05, 4.69) is 11.8 Å². The van der Waals surface area contributed by atoms with Gasteiger partial charge < -0.3 is 38.6 Å². The Morgan fingerprint density at radius 2 is 1.84 bits per heavy atom. The van der Waals surface area contributed by atoms with E-state index in [0.29, 0.717) is 50.3 Å². The van der Waals surface area contributed by atoms with Crippen LogP contribution in [0.1, 0.15) is 51.0 Å². The number of nitrogens with zero attached hydrogens (tertiary/aromatic N) is 1. The standard InChI is InChI=1S/C34H49NO9/c1-8-35-16-31(17-39-3)22(37)14-23(41-5)34-20-15-32(38)12-13-33(44-18(2)36,26(30(34)35)28(43-7)29(31)34)25(20)24(32)19-10-9-11-21(40-4)27(19)42-6/h9-11,20,22-26,28-30,37-38H,8,12-17H2,1-7H3. The lowest BCUT2D eigenvalue weighted by atomic mass is 9.42. The number of carbonyl (C=O) groups is 1. The van der Waals surface area contributed by atoms with E-state index in [1.54, 1.807) is 35.5 Å². The highest BCUT2D eigenvalue weighted by molar-refractivity contribution is 5.67. The van der Waals surface area contributed by atoms with Crippen LogP contribution in [0.15, 0.2) is 18.2 Å². The van der Waals surface area contributed by atoms with Crippen molar-refractivity contribution < 1.29 is 43.4 Å². The SMILES string of the molecule is CCN1CC2(COC)C(O)CC(OC)C34C5CC6(O)CCC(OC(C)=O)(C5C6c5cccc(OC)c5OC)C(C(OC)C23)C14. The van der Waals surface area contributed by atoms with E-state index in [9.17, 15) is 15.0 Å². The lowest BCUT2D eigenvalue weighted by Crippen LogP contribution is -2.78. The second kappa shape index (κ2) is 10.3. The molecule has 1 spiro atoms. The summed E-state index contributed by atoms with van der Waals surface area (Å²) < 4.78 is 37.5. The molecular weight excluding hydrogens is 566 g/mol. The maximum atomic E-state index is 13.2. The van der Waals surface area contributed by atoms with Gasteiger partial charge in [0.05, 0.1) is 44.7 Å². The van der Waals surface area contributed by atoms with Crippen LogP contribution in [0.2, 0.25) is 0 Å². The molecule has 1 heterocycles. The van der Waals surface area contributed by atoms with Crippen molar-refractivity contribution in [3.05, 3.63) is 23.8 Å². The van der Waals surface area contributed by atoms with Crippen LogP contribution in [0, 0.1) is 34.5 Å². The van der Waals surface area contributed by atoms with Gasteiger partial charge in [-0.25, -0.2) is 0 Å². The molecule has 6 fully saturated rings. The van der Waals surface area contributed by atoms with E-state index in [-0.39, 0.29) is 53.8 Å². The van der Waals surface area contributed by atoms with Gasteiger partial charge >= 0.3 is 5.97 Å². The minimum atomic E-state index is -1.07. The van der Waals surface area contributed by atoms with Gasteiger partial charge in [0.2, 0.25) is 0 Å². The first-order valence-corrected chi connectivity index (χ1v) is 16.2. The molecule has 0 radical (unpaired) electrons. The molecule has 10 heteroatoms. The number of rotatable bonds is 9. The van der Waals surface area contributed by atoms with Crippen molar-refractivity contribution in [2.45, 2.75) is 81.0 Å². The number of ether oxygens (including phenoxy) is 6. The monoisotopic (exact) mass is 615 g/mol. The molecule has 244 valence electrons. The molecular formula is C34H49NO9. The third kappa shape index (κ3) is 3.40. The lowest BCUT2D eigenvalue weighted by molar-refractivity contribution is -0.291. The van der Waals surface area contributed by atoms with Gasteiger partial charge in [0.15, 0.2) is 11.5 Å². The molecule has 7 bridgehead atoms. The molecule has 6 aliphatic rings. The predicted octanol–water partition coefficient (Wildman–Crippen LogP) is 2.63. The molecule has 0 aromatic heterocycles. The minimum Gasteiger partial charge on any atom is -0.493 e. The summed E-state index contributed by atoms with van der Waals surface area (Å²) in [5.41, 5.74) is -2.21. The first kappa shape index (κ1) is 30.7. The molecule has 44 heavy (non-hydrogen) atoms. The molecule has 13 unspecified atom stereocenters. The van der Waals surface area contributed by atoms with Crippen molar-refractivity contribution in [3.63, 3.8) is 0 Å². The lowest BCUT2D eigenvalue weighted by Gasteiger charge is -2.70. The number of hydrogen-bond donors (Lipinski definition) is 2. The number of esters is 1. The molecule has 10 nitrogen and oxygen atoms in total. The Labute approximate surface area is 260 Å². The number of carbonyl (C=O) groups excluding carboxylic acids is 1. The molecule has 1 aromatic rings. The van der Waals surface area contributed by atoms with E-state index in [4.69, 9.17) is 28.4 Å². The molecule has 1 aliphatic heterocycles. The van der Waals surface area contributed by atoms with Crippen LogP contribution in [0.3, 0.4) is 0 Å². The van der Waals surface area contributed by atoms with Gasteiger partial charge in [-0.2, -0.15) is 0 Å². The van der Waals surface area contributed by atoms with Gasteiger partial charge in [0.1, 0.15) is 5.60 Å². The normalized spacial score (nSPS) is 48.2. The third-order valence-corrected chi connectivity index (χ3v) is 13.4. The Hall–Kier alpha value is -1.95. The average molecular weight is 616 g/mol. The molecule has 1 saturated heterocycles. The number of aliphatic hydroxyl groups is 2. The summed E-state index contributed by atoms with van der Waals surface area (Å²) in [6.45, 7) is 5.45. The van der Waals surface area contributed by atoms with Gasteiger partial charge in [-0.15, -0.1) is 0 Å². The summed E-state index contributed by atoms with van der Waals surface area (Å²) in [5.74, 6) is -0.170. The van der Waals surface area contributed by atoms with Crippen molar-refractivity contribution >= 4 is 5.97 Å². The highest BCUT2D eigenvalue weighted by Gasteiger charge is 2.89. The fourth-order valence-electron chi connectivity index (χ4n) is 12.7. The van der Waals surface area contributed by atoms with Crippen LogP contribution in [0.5, 0.6) is 11.5 Å². The second-order valence-corrected chi connectivity index (χ2v) is 14.4. The van der Waals surface area contributed by atoms with Crippen molar-refractivity contribution in [2.75, 3.05) is 55.2 Å². The first-order chi connectivity index (χ1) is 21.1. The Morgan fingerprint density at radius 3 is 2.45 bits per heavy atom. The van der Waals surface area contributed by atoms with Gasteiger partial charge in [-0.3, -0.25) is 9.69 Å². The van der Waals surface area contributed by atoms with Gasteiger partial charge in [0, 0.05) is 87.3 Å². The Balaban J connectivity index is 1.55. The number of hydrogen-bond acceptors (Lipinski definition) is 10. The summed E-state index contributed by atoms with van der Waals surface area (Å²) in [4.78, 5) is 15.7. The van der Waals surface area contributed by atoms with Crippen molar-refractivity contribution in [3.8, 4) is 11.5 Å². The summed E-state index contributed by atoms with van der Waals surface area (Å²) in [5, 5.41) is 24.9. The molecule has 7 rings (SSSR count). The highest BCUT2D eigenvalue weighted by Crippen LogP contribution is 2.82. The topological polar surface area (TPSA) is 116 Å². The molecule has 13 atom stereocenters. The molecule has 5 aliphatic carbocycles. The summed E-state index contributed by atoms with van der Waals surface area (Å²) in [6, 6.07) is 5.81. The zero-order valence-corrected chi connectivity index (χ0v) is 27.1. The van der Waals surface area contributed by atoms with Crippen LogP contribution in [0.25, 0.3) is 0 Å². The second-order valence-electron chi connectivity index (χ2n) is 14.4. The van der Waals surface area contributed by atoms with E-state index in [1.807, 2.05) is 18.2 Å². The van der Waals surface area contributed by atoms with Crippen molar-refractivity contribution in [2.24, 2.45) is 34.5 Å². The number of para-hydroxylation sites is 1. The summed E-state index contributed by atoms with van der Waals surface area (Å²) in [7, 11) is 8.47. The van der Waals surface area contributed by atoms with Crippen LogP contribution in [0.4, 0.5) is 0 Å². The fraction of sp³-hybridized carbons (Fsp3) is 0.794. The number of aliphatic hydroxyl groups excluding tert-OH is 1. The first-order valence-electron chi connectivity index (χ1n) is 16.2. The van der Waals surface area contributed by atoms with Crippen molar-refractivity contribution in [1.82, 2.24) is 4.90 Å². The largest absolute Gasteiger partial charge is 0.493 e. The minimum absolute atomic E-state index is 0.0289. The fourth-order valence-corrected chi connectivity index (χ4v) is 12.7. The number of benzene rings is 1. The Kier molecular flexibility index (Phi) is 7.17. The van der Waals surface area contributed by atoms with Crippen LogP contribution in [-0.4, -0.2) is 112 Å². The van der Waals surface area contributed by atoms with Gasteiger partial charge in [-0.1, -0.05) is 19.1 Å². The van der Waals surface area contributed by atoms with Crippen LogP contribution in [-0.2, 0) is 23.7 Å². The number of likely N-dealkylation sites (tertiary alicyclic amines) is 1. The van der Waals surface area contributed by atoms with Crippen LogP contribution < -0.4 is 9.47 Å². The Morgan fingerprint density at radius 1 is 1.07 bits per heavy atom. The molecule has 1 aromatic carbocycles. The third-order valence-electron chi connectivity index (χ3n) is 13.4. The maximum absolute atomic E-state index is 13.2. The zero-order valence-electron chi connectivity index (χ0n) is 27.1. The molecule has 5 saturated carbocycles. The Bertz CT molecular complexity index is 1310. The van der Waals surface area contributed by atoms with Gasteiger partial charge in [0.25, 0.3) is 0 Å². The summed E-state index contributed by atoms with van der Waals surface area (Å²) in [6.07, 6.45) is 0.740. The number of piperidine rings is 1. The highest BCUT2D eigenvalue weighted by atomic mass is 16.6. The van der Waals surface area contributed by atoms with E-state index < -0.39 is 28.1 Å². The summed E-state index contributed by atoms with van der Waals surface area (Å²) >= 11 is 0. The van der Waals surface area contributed by atoms with Crippen molar-refractivity contribution in [1.29, 1.82) is 0 Å². The van der Waals surface area contributed by atoms with Crippen LogP contribution >= 0.6 is 0 Å². The zero-order chi connectivity index (χ0) is 31.4. The smallest absolute Gasteiger partial charge is 0.303 e. The van der Waals surface area contributed by atoms with E-state index in [1.165, 1.54) is 6.92 Å². The maximum Gasteiger partial charge on any atom is 0.303 e. The van der Waals surface area contributed by atoms with E-state index in [0.717, 1.165) is 12.1 Å². The quantitative estimate of drug-likeness (QED) is 0.402. The molecule has 2 N–H and O–H groups in total. The average Bonchev–Trinajstić information content (AvgIpc) is 3.39. The van der Waals surface area contributed by atoms with E-state index >= 15 is 0 Å². The molecule has 0 amide bonds.